The average molecular weight is 77.2 g/mol. The van der Waals surface area contributed by atoms with Crippen molar-refractivity contribution < 1.29 is 0 Å². The Labute approximate surface area is 35.0 Å². The highest BCUT2D eigenvalue weighted by molar-refractivity contribution is 3.51. The molecule has 0 fully saturated rings. The summed E-state index contributed by atoms with van der Waals surface area (Å²) in [5.74, 6) is 0. The van der Waals surface area contributed by atoms with Gasteiger partial charge in [-0.15, -0.1) is 0 Å². The third-order valence-electron chi connectivity index (χ3n) is 0. The van der Waals surface area contributed by atoms with Crippen LogP contribution in [-0.2, 0) is 0 Å². The van der Waals surface area contributed by atoms with Gasteiger partial charge in [0.25, 0.3) is 0 Å². The SMILES string of the molecule is CC.CC.N. The van der Waals surface area contributed by atoms with E-state index in [1.165, 1.54) is 0 Å². The standard InChI is InChI=1S/2C2H6.H3N/c2*1-2;/h2*1-2H3;1H3. The molecule has 0 rings (SSSR count). The molecule has 0 aliphatic carbocycles. The zero-order valence-corrected chi connectivity index (χ0v) is 4.71. The van der Waals surface area contributed by atoms with Gasteiger partial charge in [0, 0.05) is 0 Å². The molecule has 0 saturated carbocycles. The van der Waals surface area contributed by atoms with E-state index in [-0.39, 0.29) is 6.15 Å². The van der Waals surface area contributed by atoms with E-state index in [4.69, 9.17) is 0 Å². The largest absolute Gasteiger partial charge is 0.344 e. The maximum atomic E-state index is 2.00. The number of rotatable bonds is 0. The quantitative estimate of drug-likeness (QED) is 0.472. The molecule has 0 radical (unpaired) electrons. The molecule has 0 bridgehead atoms. The molecule has 0 aromatic carbocycles. The van der Waals surface area contributed by atoms with Crippen LogP contribution in [0.25, 0.3) is 0 Å². The Kier molecular flexibility index (Phi) is 87800. The van der Waals surface area contributed by atoms with Gasteiger partial charge in [0.1, 0.15) is 0 Å². The predicted molar refractivity (Wildman–Crippen MR) is 27.7 cm³/mol. The molecule has 0 saturated heterocycles. The van der Waals surface area contributed by atoms with Crippen LogP contribution in [0.3, 0.4) is 0 Å². The minimum atomic E-state index is 0. The molecule has 0 aromatic rings. The molecule has 5 heavy (non-hydrogen) atoms. The van der Waals surface area contributed by atoms with Gasteiger partial charge in [0.05, 0.1) is 0 Å². The Bertz CT molecular complexity index is 3.61. The van der Waals surface area contributed by atoms with Crippen LogP contribution >= 0.6 is 0 Å². The Balaban J connectivity index is -0.0000000133. The van der Waals surface area contributed by atoms with Crippen LogP contribution in [0.5, 0.6) is 0 Å². The molecular formula is C4H15N. The topological polar surface area (TPSA) is 35.0 Å². The van der Waals surface area contributed by atoms with Crippen LogP contribution in [-0.4, -0.2) is 0 Å². The van der Waals surface area contributed by atoms with Crippen molar-refractivity contribution in [3.63, 3.8) is 0 Å². The van der Waals surface area contributed by atoms with E-state index in [9.17, 15) is 0 Å². The first-order valence-electron chi connectivity index (χ1n) is 2.00. The van der Waals surface area contributed by atoms with Gasteiger partial charge in [-0.3, -0.25) is 0 Å². The summed E-state index contributed by atoms with van der Waals surface area (Å²) in [6.07, 6.45) is 0. The van der Waals surface area contributed by atoms with Crippen molar-refractivity contribution in [2.45, 2.75) is 27.7 Å². The lowest BCUT2D eigenvalue weighted by atomic mass is 11.0. The first kappa shape index (κ1) is 20.2. The normalized spacial score (nSPS) is 2.40. The fraction of sp³-hybridized carbons (Fsp3) is 1.00. The molecule has 1 nitrogen and oxygen atoms in total. The van der Waals surface area contributed by atoms with Gasteiger partial charge < -0.3 is 6.15 Å². The van der Waals surface area contributed by atoms with Crippen molar-refractivity contribution in [2.75, 3.05) is 0 Å². The fourth-order valence-corrected chi connectivity index (χ4v) is 0. The van der Waals surface area contributed by atoms with E-state index in [0.717, 1.165) is 0 Å². The van der Waals surface area contributed by atoms with Gasteiger partial charge in [-0.05, 0) is 0 Å². The highest BCUT2D eigenvalue weighted by atomic mass is 14.0. The average Bonchev–Trinajstić information content (AvgIpc) is 1.50. The second-order valence-electron chi connectivity index (χ2n) is 0. The molecule has 0 amide bonds. The maximum absolute atomic E-state index is 2.00. The van der Waals surface area contributed by atoms with E-state index in [2.05, 4.69) is 0 Å². The monoisotopic (exact) mass is 77.1 g/mol. The van der Waals surface area contributed by atoms with Crippen molar-refractivity contribution in [1.29, 1.82) is 0 Å². The molecule has 0 aliphatic heterocycles. The molecular weight excluding hydrogens is 62.1 g/mol. The minimum absolute atomic E-state index is 0. The summed E-state index contributed by atoms with van der Waals surface area (Å²) >= 11 is 0. The molecule has 0 aliphatic rings. The summed E-state index contributed by atoms with van der Waals surface area (Å²) in [5.41, 5.74) is 0. The summed E-state index contributed by atoms with van der Waals surface area (Å²) in [4.78, 5) is 0. The second kappa shape index (κ2) is 21700. The summed E-state index contributed by atoms with van der Waals surface area (Å²) in [6.45, 7) is 8.00. The van der Waals surface area contributed by atoms with E-state index >= 15 is 0 Å². The molecule has 36 valence electrons. The summed E-state index contributed by atoms with van der Waals surface area (Å²) in [5, 5.41) is 0. The molecule has 3 N–H and O–H groups in total. The lowest BCUT2D eigenvalue weighted by Gasteiger charge is -1.07. The molecule has 1 heteroatoms. The van der Waals surface area contributed by atoms with Gasteiger partial charge in [0.15, 0.2) is 0 Å². The number of hydrogen-bond acceptors (Lipinski definition) is 1. The van der Waals surface area contributed by atoms with Gasteiger partial charge in [-0.25, -0.2) is 0 Å². The zero-order chi connectivity index (χ0) is 4.00. The number of hydrogen-bond donors (Lipinski definition) is 1. The third-order valence-corrected chi connectivity index (χ3v) is 0. The van der Waals surface area contributed by atoms with Crippen LogP contribution in [0.4, 0.5) is 0 Å². The van der Waals surface area contributed by atoms with E-state index in [0.29, 0.717) is 0 Å². The Morgan fingerprint density at radius 3 is 0.600 bits per heavy atom. The first-order valence-corrected chi connectivity index (χ1v) is 2.00. The van der Waals surface area contributed by atoms with Crippen molar-refractivity contribution >= 4 is 0 Å². The molecule has 0 spiro atoms. The van der Waals surface area contributed by atoms with Gasteiger partial charge >= 0.3 is 0 Å². The lowest BCUT2D eigenvalue weighted by molar-refractivity contribution is 1.50. The molecule has 0 heterocycles. The van der Waals surface area contributed by atoms with Crippen molar-refractivity contribution in [3.8, 4) is 0 Å². The van der Waals surface area contributed by atoms with Gasteiger partial charge in [-0.2, -0.15) is 0 Å². The van der Waals surface area contributed by atoms with Crippen LogP contribution < -0.4 is 6.15 Å². The summed E-state index contributed by atoms with van der Waals surface area (Å²) < 4.78 is 0. The highest BCUT2D eigenvalue weighted by Crippen LogP contribution is 1.15. The van der Waals surface area contributed by atoms with Crippen molar-refractivity contribution in [3.05, 3.63) is 0 Å². The summed E-state index contributed by atoms with van der Waals surface area (Å²) in [6, 6.07) is 0. The predicted octanol–water partition coefficient (Wildman–Crippen LogP) is 2.21. The second-order valence-corrected chi connectivity index (χ2v) is 0. The molecule has 0 unspecified atom stereocenters. The van der Waals surface area contributed by atoms with Crippen molar-refractivity contribution in [2.24, 2.45) is 0 Å². The first-order chi connectivity index (χ1) is 2.00. The molecule has 0 atom stereocenters. The Morgan fingerprint density at radius 1 is 0.600 bits per heavy atom. The van der Waals surface area contributed by atoms with Gasteiger partial charge in [-0.1, -0.05) is 27.7 Å². The third kappa shape index (κ3) is 9510. The van der Waals surface area contributed by atoms with E-state index in [1.807, 2.05) is 27.7 Å². The van der Waals surface area contributed by atoms with Crippen LogP contribution in [0, 0.1) is 0 Å². The lowest BCUT2D eigenvalue weighted by Crippen LogP contribution is -0.856. The van der Waals surface area contributed by atoms with Crippen molar-refractivity contribution in [1.82, 2.24) is 6.15 Å². The maximum Gasteiger partial charge on any atom is -0.0683 e. The van der Waals surface area contributed by atoms with E-state index in [1.54, 1.807) is 0 Å². The highest BCUT2D eigenvalue weighted by Gasteiger charge is 0.934. The van der Waals surface area contributed by atoms with E-state index < -0.39 is 0 Å². The smallest absolute Gasteiger partial charge is 0.0683 e. The Hall–Kier alpha value is -0.0400. The van der Waals surface area contributed by atoms with Crippen LogP contribution in [0.2, 0.25) is 0 Å². The van der Waals surface area contributed by atoms with Crippen LogP contribution in [0.1, 0.15) is 27.7 Å². The van der Waals surface area contributed by atoms with Crippen LogP contribution in [0.15, 0.2) is 0 Å². The van der Waals surface area contributed by atoms with Gasteiger partial charge in [0.2, 0.25) is 0 Å². The summed E-state index contributed by atoms with van der Waals surface area (Å²) in [7, 11) is 0. The minimum Gasteiger partial charge on any atom is -0.344 e. The Morgan fingerprint density at radius 2 is 0.600 bits per heavy atom. The zero-order valence-electron chi connectivity index (χ0n) is 4.71. The fourth-order valence-electron chi connectivity index (χ4n) is 0. The molecule has 0 aromatic heterocycles.